The molecular weight excluding hydrogens is 338 g/mol. The third kappa shape index (κ3) is 4.24. The third-order valence-electron chi connectivity index (χ3n) is 6.81. The predicted molar refractivity (Wildman–Crippen MR) is 125 cm³/mol. The molecule has 1 aliphatic heterocycles. The maximum atomic E-state index is 4.71. The van der Waals surface area contributed by atoms with E-state index in [4.69, 9.17) is 6.58 Å². The lowest BCUT2D eigenvalue weighted by atomic mass is 9.43. The van der Waals surface area contributed by atoms with Gasteiger partial charge in [0.25, 0.3) is 0 Å². The molecule has 2 atom stereocenters. The minimum atomic E-state index is 0.0498. The average molecular weight is 382 g/mol. The number of rotatable bonds is 5. The highest BCUT2D eigenvalue weighted by Gasteiger charge is 2.56. The molecule has 1 heterocycles. The first-order valence-electron chi connectivity index (χ1n) is 10.9. The molecule has 156 valence electrons. The van der Waals surface area contributed by atoms with Gasteiger partial charge >= 0.3 is 0 Å². The van der Waals surface area contributed by atoms with Crippen LogP contribution in [0.5, 0.6) is 0 Å². The van der Waals surface area contributed by atoms with Crippen LogP contribution in [0.4, 0.5) is 0 Å². The van der Waals surface area contributed by atoms with Crippen LogP contribution >= 0.6 is 0 Å². The van der Waals surface area contributed by atoms with Crippen LogP contribution in [0, 0.1) is 22.2 Å². The summed E-state index contributed by atoms with van der Waals surface area (Å²) in [4.78, 5) is 2.17. The van der Waals surface area contributed by atoms with E-state index in [1.54, 1.807) is 0 Å². The van der Waals surface area contributed by atoms with Gasteiger partial charge in [0.05, 0.1) is 0 Å². The zero-order valence-electron chi connectivity index (χ0n) is 20.2. The summed E-state index contributed by atoms with van der Waals surface area (Å²) in [5, 5.41) is 0. The first-order chi connectivity index (χ1) is 12.7. The molecule has 0 aromatic heterocycles. The van der Waals surface area contributed by atoms with Crippen LogP contribution < -0.4 is 0 Å². The average Bonchev–Trinajstić information content (AvgIpc) is 2.66. The first kappa shape index (κ1) is 22.8. The van der Waals surface area contributed by atoms with E-state index >= 15 is 0 Å². The van der Waals surface area contributed by atoms with Crippen LogP contribution in [0.3, 0.4) is 0 Å². The van der Waals surface area contributed by atoms with Crippen LogP contribution in [0.2, 0.25) is 0 Å². The monoisotopic (exact) mass is 381 g/mol. The Balaban J connectivity index is 2.60. The lowest BCUT2D eigenvalue weighted by Gasteiger charge is -2.61. The Hall–Kier alpha value is -1.50. The van der Waals surface area contributed by atoms with Crippen LogP contribution in [-0.2, 0) is 0 Å². The maximum absolute atomic E-state index is 4.71. The second-order valence-electron chi connectivity index (χ2n) is 11.2. The molecule has 0 bridgehead atoms. The lowest BCUT2D eigenvalue weighted by Crippen LogP contribution is -2.52. The molecule has 1 fully saturated rings. The van der Waals surface area contributed by atoms with Gasteiger partial charge in [0.15, 0.2) is 0 Å². The summed E-state index contributed by atoms with van der Waals surface area (Å²) in [5.41, 5.74) is 7.59. The van der Waals surface area contributed by atoms with Crippen molar-refractivity contribution in [2.75, 3.05) is 7.05 Å². The Bertz CT molecular complexity index is 748. The fraction of sp³-hybridized carbons (Fsp3) is 0.630. The Morgan fingerprint density at radius 3 is 2.36 bits per heavy atom. The molecule has 1 heteroatoms. The van der Waals surface area contributed by atoms with Crippen molar-refractivity contribution in [2.45, 2.75) is 81.6 Å². The highest BCUT2D eigenvalue weighted by atomic mass is 15.0. The highest BCUT2D eigenvalue weighted by Crippen LogP contribution is 2.64. The second kappa shape index (κ2) is 7.73. The zero-order chi connectivity index (χ0) is 21.5. The summed E-state index contributed by atoms with van der Waals surface area (Å²) in [5.74, 6) is 0.545. The summed E-state index contributed by atoms with van der Waals surface area (Å²) >= 11 is 0. The van der Waals surface area contributed by atoms with Gasteiger partial charge in [-0.3, -0.25) is 0 Å². The van der Waals surface area contributed by atoms with E-state index in [0.717, 1.165) is 0 Å². The molecule has 0 aromatic rings. The van der Waals surface area contributed by atoms with Gasteiger partial charge in [-0.2, -0.15) is 0 Å². The third-order valence-corrected chi connectivity index (χ3v) is 6.81. The molecule has 0 spiro atoms. The molecule has 1 aliphatic carbocycles. The maximum Gasteiger partial charge on any atom is 0.0110 e. The number of allylic oxidation sites excluding steroid dienone is 7. The summed E-state index contributed by atoms with van der Waals surface area (Å²) in [6.45, 7) is 25.9. The van der Waals surface area contributed by atoms with E-state index in [9.17, 15) is 0 Å². The van der Waals surface area contributed by atoms with Crippen molar-refractivity contribution in [1.29, 1.82) is 0 Å². The van der Waals surface area contributed by atoms with E-state index in [1.165, 1.54) is 47.1 Å². The van der Waals surface area contributed by atoms with Crippen molar-refractivity contribution >= 4 is 0 Å². The zero-order valence-corrected chi connectivity index (χ0v) is 20.2. The Morgan fingerprint density at radius 2 is 1.86 bits per heavy atom. The normalized spacial score (nSPS) is 28.1. The van der Waals surface area contributed by atoms with Crippen molar-refractivity contribution in [3.05, 3.63) is 59.0 Å². The van der Waals surface area contributed by atoms with E-state index < -0.39 is 0 Å². The van der Waals surface area contributed by atoms with Crippen molar-refractivity contribution in [3.63, 3.8) is 0 Å². The van der Waals surface area contributed by atoms with Gasteiger partial charge in [0, 0.05) is 19.4 Å². The summed E-state index contributed by atoms with van der Waals surface area (Å²) in [7, 11) is 2.11. The molecule has 0 aromatic carbocycles. The fourth-order valence-electron chi connectivity index (χ4n) is 6.32. The number of hydrogen-bond acceptors (Lipinski definition) is 1. The summed E-state index contributed by atoms with van der Waals surface area (Å²) < 4.78 is 0. The van der Waals surface area contributed by atoms with Gasteiger partial charge < -0.3 is 4.90 Å². The Morgan fingerprint density at radius 1 is 1.25 bits per heavy atom. The molecule has 0 saturated heterocycles. The predicted octanol–water partition coefficient (Wildman–Crippen LogP) is 8.05. The van der Waals surface area contributed by atoms with Crippen LogP contribution in [0.1, 0.15) is 81.6 Å². The van der Waals surface area contributed by atoms with Crippen molar-refractivity contribution in [3.8, 4) is 0 Å². The Labute approximate surface area is 175 Å². The molecule has 0 N–H and O–H groups in total. The van der Waals surface area contributed by atoms with Crippen LogP contribution in [0.25, 0.3) is 0 Å². The quantitative estimate of drug-likeness (QED) is 0.435. The molecule has 2 aliphatic rings. The van der Waals surface area contributed by atoms with E-state index in [1.807, 2.05) is 0 Å². The van der Waals surface area contributed by atoms with Gasteiger partial charge in [-0.15, -0.1) is 0 Å². The van der Waals surface area contributed by atoms with Crippen LogP contribution in [0.15, 0.2) is 59.0 Å². The molecule has 28 heavy (non-hydrogen) atoms. The van der Waals surface area contributed by atoms with Crippen molar-refractivity contribution < 1.29 is 0 Å². The SMILES string of the molecule is C=C(/C(C)=C(/C1=CN(C)C=CC=C1C)C(C)(C)C)C1C(C)(C)CC1(C)CCC. The van der Waals surface area contributed by atoms with Crippen molar-refractivity contribution in [2.24, 2.45) is 22.2 Å². The van der Waals surface area contributed by atoms with E-state index in [2.05, 4.69) is 98.8 Å². The molecule has 2 rings (SSSR count). The lowest BCUT2D eigenvalue weighted by molar-refractivity contribution is -0.0736. The fourth-order valence-corrected chi connectivity index (χ4v) is 6.32. The minimum absolute atomic E-state index is 0.0498. The van der Waals surface area contributed by atoms with Gasteiger partial charge in [-0.1, -0.05) is 67.5 Å². The van der Waals surface area contributed by atoms with Crippen molar-refractivity contribution in [1.82, 2.24) is 4.90 Å². The number of nitrogens with zero attached hydrogens (tertiary/aromatic N) is 1. The first-order valence-corrected chi connectivity index (χ1v) is 10.9. The minimum Gasteiger partial charge on any atom is -0.357 e. The molecule has 1 saturated carbocycles. The largest absolute Gasteiger partial charge is 0.357 e. The van der Waals surface area contributed by atoms with Gasteiger partial charge in [-0.05, 0) is 82.8 Å². The Kier molecular flexibility index (Phi) is 6.29. The standard InChI is InChI=1S/C27H43N/c1-12-15-27(10)18-26(8,9)24(27)21(4)20(3)23(25(5,6)7)22-17-28(11)16-13-14-19(22)2/h13-14,16-17,24H,4,12,15,18H2,1-3,5-11H3/b23-20-. The molecule has 0 radical (unpaired) electrons. The van der Waals surface area contributed by atoms with Gasteiger partial charge in [0.2, 0.25) is 0 Å². The van der Waals surface area contributed by atoms with E-state index in [-0.39, 0.29) is 5.41 Å². The molecule has 0 amide bonds. The smallest absolute Gasteiger partial charge is 0.0110 e. The molecule has 2 unspecified atom stereocenters. The molecule has 1 nitrogen and oxygen atoms in total. The van der Waals surface area contributed by atoms with E-state index in [0.29, 0.717) is 16.7 Å². The van der Waals surface area contributed by atoms with Gasteiger partial charge in [-0.25, -0.2) is 0 Å². The topological polar surface area (TPSA) is 3.24 Å². The molecular formula is C27H43N. The second-order valence-corrected chi connectivity index (χ2v) is 11.2. The van der Waals surface area contributed by atoms with Gasteiger partial charge in [0.1, 0.15) is 0 Å². The highest BCUT2D eigenvalue weighted by molar-refractivity contribution is 5.56. The summed E-state index contributed by atoms with van der Waals surface area (Å²) in [6.07, 6.45) is 12.6. The summed E-state index contributed by atoms with van der Waals surface area (Å²) in [6, 6.07) is 0. The number of hydrogen-bond donors (Lipinski definition) is 0. The van der Waals surface area contributed by atoms with Crippen LogP contribution in [-0.4, -0.2) is 11.9 Å².